The standard InChI is InChI=1S/C8H11P.C7H15B.C2H6/c9-7-6-8-4-2-1-3-5-8;1-3-4-5-7(2)6-8;1-2/h1-5H,6-7,9H2;7H,3-6H2,1-2H3;1-2H3. The van der Waals surface area contributed by atoms with E-state index in [1.165, 1.54) is 31.2 Å². The highest BCUT2D eigenvalue weighted by molar-refractivity contribution is 7.16. The van der Waals surface area contributed by atoms with Crippen LogP contribution < -0.4 is 0 Å². The summed E-state index contributed by atoms with van der Waals surface area (Å²) in [7, 11) is 8.14. The lowest BCUT2D eigenvalue weighted by molar-refractivity contribution is 0.549. The van der Waals surface area contributed by atoms with Gasteiger partial charge in [0, 0.05) is 0 Å². The molecule has 1 aromatic rings. The molecule has 0 spiro atoms. The van der Waals surface area contributed by atoms with Gasteiger partial charge < -0.3 is 0 Å². The largest absolute Gasteiger partial charge is 0.137 e. The Hall–Kier alpha value is -0.285. The first kappa shape index (κ1) is 21.0. The molecule has 108 valence electrons. The lowest BCUT2D eigenvalue weighted by atomic mass is 9.89. The Balaban J connectivity index is 0. The molecule has 0 N–H and O–H groups in total. The van der Waals surface area contributed by atoms with E-state index in [1.807, 2.05) is 19.9 Å². The molecule has 1 rings (SSSR count). The molecule has 2 unspecified atom stereocenters. The fraction of sp³-hybridized carbons (Fsp3) is 0.647. The Morgan fingerprint density at radius 1 is 1.16 bits per heavy atom. The summed E-state index contributed by atoms with van der Waals surface area (Å²) in [6.45, 7) is 8.42. The molecular weight excluding hydrogens is 246 g/mol. The van der Waals surface area contributed by atoms with Gasteiger partial charge in [-0.15, -0.1) is 9.24 Å². The first-order chi connectivity index (χ1) is 9.24. The van der Waals surface area contributed by atoms with Crippen molar-refractivity contribution in [2.75, 3.05) is 6.16 Å². The zero-order valence-corrected chi connectivity index (χ0v) is 14.5. The lowest BCUT2D eigenvalue weighted by Gasteiger charge is -2.04. The van der Waals surface area contributed by atoms with Crippen molar-refractivity contribution in [3.8, 4) is 0 Å². The highest BCUT2D eigenvalue weighted by Crippen LogP contribution is 2.09. The molecule has 1 aromatic carbocycles. The third-order valence-corrected chi connectivity index (χ3v) is 3.02. The van der Waals surface area contributed by atoms with Gasteiger partial charge in [-0.3, -0.25) is 0 Å². The molecule has 2 atom stereocenters. The molecule has 2 heteroatoms. The van der Waals surface area contributed by atoms with Crippen LogP contribution in [0.5, 0.6) is 0 Å². The number of aryl methyl sites for hydroxylation is 1. The van der Waals surface area contributed by atoms with Crippen LogP contribution in [0.1, 0.15) is 52.5 Å². The fourth-order valence-electron chi connectivity index (χ4n) is 1.48. The second kappa shape index (κ2) is 17.7. The molecule has 0 heterocycles. The van der Waals surface area contributed by atoms with E-state index in [2.05, 4.69) is 47.4 Å². The summed E-state index contributed by atoms with van der Waals surface area (Å²) in [5.74, 6) is 0.731. The van der Waals surface area contributed by atoms with Crippen molar-refractivity contribution in [1.82, 2.24) is 0 Å². The Kier molecular flexibility index (Phi) is 19.6. The van der Waals surface area contributed by atoms with Gasteiger partial charge in [0.05, 0.1) is 7.85 Å². The van der Waals surface area contributed by atoms with Gasteiger partial charge in [-0.05, 0) is 18.1 Å². The number of unbranched alkanes of at least 4 members (excludes halogenated alkanes) is 1. The van der Waals surface area contributed by atoms with E-state index in [4.69, 9.17) is 7.85 Å². The van der Waals surface area contributed by atoms with Crippen LogP contribution in [-0.4, -0.2) is 14.0 Å². The smallest absolute Gasteiger partial charge is 0.0656 e. The summed E-state index contributed by atoms with van der Waals surface area (Å²) >= 11 is 0. The minimum atomic E-state index is 0.731. The quantitative estimate of drug-likeness (QED) is 0.474. The van der Waals surface area contributed by atoms with Gasteiger partial charge in [0.1, 0.15) is 0 Å². The number of rotatable bonds is 6. The van der Waals surface area contributed by atoms with E-state index in [0.29, 0.717) is 0 Å². The summed E-state index contributed by atoms with van der Waals surface area (Å²) in [4.78, 5) is 0. The van der Waals surface area contributed by atoms with Gasteiger partial charge in [0.2, 0.25) is 0 Å². The van der Waals surface area contributed by atoms with E-state index in [9.17, 15) is 0 Å². The minimum Gasteiger partial charge on any atom is -0.137 e. The van der Waals surface area contributed by atoms with E-state index in [-0.39, 0.29) is 0 Å². The van der Waals surface area contributed by atoms with Crippen molar-refractivity contribution in [1.29, 1.82) is 0 Å². The summed E-state index contributed by atoms with van der Waals surface area (Å²) in [6.07, 6.45) is 7.10. The first-order valence-corrected chi connectivity index (χ1v) is 8.50. The van der Waals surface area contributed by atoms with E-state index >= 15 is 0 Å². The van der Waals surface area contributed by atoms with Crippen LogP contribution in [0, 0.1) is 5.92 Å². The average molecular weight is 278 g/mol. The maximum absolute atomic E-state index is 5.41. The van der Waals surface area contributed by atoms with Crippen LogP contribution in [0.25, 0.3) is 0 Å². The van der Waals surface area contributed by atoms with Gasteiger partial charge in [0.25, 0.3) is 0 Å². The lowest BCUT2D eigenvalue weighted by Crippen LogP contribution is -1.91. The zero-order chi connectivity index (χ0) is 14.9. The Morgan fingerprint density at radius 2 is 1.74 bits per heavy atom. The first-order valence-electron chi connectivity index (χ1n) is 7.68. The van der Waals surface area contributed by atoms with Crippen molar-refractivity contribution in [2.24, 2.45) is 5.92 Å². The Labute approximate surface area is 125 Å². The molecule has 0 bridgehead atoms. The molecular formula is C17H32BP. The third kappa shape index (κ3) is 15.7. The average Bonchev–Trinajstić information content (AvgIpc) is 2.49. The third-order valence-electron chi connectivity index (χ3n) is 2.73. The normalized spacial score (nSPS) is 10.6. The van der Waals surface area contributed by atoms with Gasteiger partial charge in [0.15, 0.2) is 0 Å². The molecule has 0 aliphatic rings. The predicted octanol–water partition coefficient (Wildman–Crippen LogP) is 5.53. The SMILES string of the molecule is CC.PCCc1ccccc1.[B]CC(C)CCCC. The van der Waals surface area contributed by atoms with Gasteiger partial charge in [-0.25, -0.2) is 0 Å². The van der Waals surface area contributed by atoms with E-state index in [0.717, 1.165) is 18.4 Å². The van der Waals surface area contributed by atoms with Crippen LogP contribution >= 0.6 is 9.24 Å². The monoisotopic (exact) mass is 278 g/mol. The van der Waals surface area contributed by atoms with Crippen molar-refractivity contribution in [2.45, 2.75) is 59.7 Å². The molecule has 0 aliphatic heterocycles. The topological polar surface area (TPSA) is 0 Å². The summed E-state index contributed by atoms with van der Waals surface area (Å²) < 4.78 is 0. The van der Waals surface area contributed by atoms with E-state index < -0.39 is 0 Å². The summed E-state index contributed by atoms with van der Waals surface area (Å²) in [5.41, 5.74) is 1.42. The maximum Gasteiger partial charge on any atom is 0.0656 e. The molecule has 0 fully saturated rings. The molecule has 2 radical (unpaired) electrons. The molecule has 0 saturated heterocycles. The molecule has 0 aliphatic carbocycles. The highest BCUT2D eigenvalue weighted by atomic mass is 31.0. The van der Waals surface area contributed by atoms with E-state index in [1.54, 1.807) is 0 Å². The maximum atomic E-state index is 5.41. The van der Waals surface area contributed by atoms with Crippen LogP contribution in [0.3, 0.4) is 0 Å². The molecule has 0 nitrogen and oxygen atoms in total. The van der Waals surface area contributed by atoms with Crippen LogP contribution in [0.15, 0.2) is 30.3 Å². The van der Waals surface area contributed by atoms with Crippen LogP contribution in [0.2, 0.25) is 6.32 Å². The summed E-state index contributed by atoms with van der Waals surface area (Å²) in [5, 5.41) is 0. The second-order valence-corrected chi connectivity index (χ2v) is 5.08. The number of hydrogen-bond acceptors (Lipinski definition) is 0. The highest BCUT2D eigenvalue weighted by Gasteiger charge is 1.94. The van der Waals surface area contributed by atoms with Gasteiger partial charge >= 0.3 is 0 Å². The number of hydrogen-bond donors (Lipinski definition) is 0. The van der Waals surface area contributed by atoms with Crippen molar-refractivity contribution in [3.05, 3.63) is 35.9 Å². The summed E-state index contributed by atoms with van der Waals surface area (Å²) in [6, 6.07) is 10.5. The number of benzene rings is 1. The predicted molar refractivity (Wildman–Crippen MR) is 95.3 cm³/mol. The second-order valence-electron chi connectivity index (χ2n) is 4.51. The zero-order valence-electron chi connectivity index (χ0n) is 13.4. The van der Waals surface area contributed by atoms with Crippen molar-refractivity contribution in [3.63, 3.8) is 0 Å². The van der Waals surface area contributed by atoms with Crippen molar-refractivity contribution < 1.29 is 0 Å². The Bertz CT molecular complexity index is 249. The van der Waals surface area contributed by atoms with Crippen molar-refractivity contribution >= 4 is 17.1 Å². The van der Waals surface area contributed by atoms with Crippen LogP contribution in [-0.2, 0) is 6.42 Å². The molecule has 0 amide bonds. The van der Waals surface area contributed by atoms with Gasteiger partial charge in [-0.2, -0.15) is 0 Å². The molecule has 0 aromatic heterocycles. The Morgan fingerprint density at radius 3 is 2.16 bits per heavy atom. The molecule has 0 saturated carbocycles. The van der Waals surface area contributed by atoms with Gasteiger partial charge in [-0.1, -0.05) is 89.5 Å². The fourth-order valence-corrected chi connectivity index (χ4v) is 1.82. The van der Waals surface area contributed by atoms with Crippen LogP contribution in [0.4, 0.5) is 0 Å². The molecule has 19 heavy (non-hydrogen) atoms. The minimum absolute atomic E-state index is 0.731.